The van der Waals surface area contributed by atoms with Gasteiger partial charge in [-0.05, 0) is 31.9 Å². The highest BCUT2D eigenvalue weighted by molar-refractivity contribution is 8.00. The maximum Gasteiger partial charge on any atom is 0.321 e. The maximum atomic E-state index is 12.2. The van der Waals surface area contributed by atoms with Gasteiger partial charge in [0.05, 0.1) is 10.3 Å². The average Bonchev–Trinajstić information content (AvgIpc) is 2.62. The monoisotopic (exact) mass is 414 g/mol. The summed E-state index contributed by atoms with van der Waals surface area (Å²) in [4.78, 5) is 28.3. The highest BCUT2D eigenvalue weighted by atomic mass is 32.2. The number of nitrogens with zero attached hydrogens (tertiary/aromatic N) is 2. The summed E-state index contributed by atoms with van der Waals surface area (Å²) in [6.45, 7) is 1.67. The van der Waals surface area contributed by atoms with E-state index in [1.807, 2.05) is 0 Å². The van der Waals surface area contributed by atoms with Crippen LogP contribution in [0.4, 0.5) is 4.79 Å². The molecule has 1 aliphatic carbocycles. The van der Waals surface area contributed by atoms with Gasteiger partial charge in [0.1, 0.15) is 4.90 Å². The molecular formula is C17H26N4O4S2. The topological polar surface area (TPSA) is 108 Å². The van der Waals surface area contributed by atoms with Crippen LogP contribution in [0.5, 0.6) is 0 Å². The fourth-order valence-electron chi connectivity index (χ4n) is 2.72. The van der Waals surface area contributed by atoms with E-state index in [4.69, 9.17) is 0 Å². The summed E-state index contributed by atoms with van der Waals surface area (Å²) in [6, 6.07) is 2.65. The number of rotatable bonds is 6. The third kappa shape index (κ3) is 6.18. The van der Waals surface area contributed by atoms with Crippen molar-refractivity contribution in [2.75, 3.05) is 14.1 Å². The van der Waals surface area contributed by atoms with Crippen molar-refractivity contribution in [2.45, 2.75) is 60.2 Å². The van der Waals surface area contributed by atoms with Crippen LogP contribution in [-0.2, 0) is 14.8 Å². The molecule has 2 N–H and O–H groups in total. The van der Waals surface area contributed by atoms with Crippen LogP contribution < -0.4 is 10.6 Å². The second kappa shape index (κ2) is 9.52. The Bertz CT molecular complexity index is 760. The molecule has 0 unspecified atom stereocenters. The van der Waals surface area contributed by atoms with E-state index in [-0.39, 0.29) is 10.9 Å². The number of urea groups is 1. The number of aromatic nitrogens is 1. The number of hydrogen-bond acceptors (Lipinski definition) is 6. The molecule has 1 fully saturated rings. The number of carbonyl (C=O) groups excluding carboxylic acids is 2. The maximum absolute atomic E-state index is 12.2. The van der Waals surface area contributed by atoms with Crippen molar-refractivity contribution in [1.82, 2.24) is 19.9 Å². The van der Waals surface area contributed by atoms with Crippen LogP contribution in [0.25, 0.3) is 0 Å². The van der Waals surface area contributed by atoms with E-state index >= 15 is 0 Å². The quantitative estimate of drug-likeness (QED) is 0.689. The number of nitrogens with one attached hydrogen (secondary N) is 2. The molecule has 27 heavy (non-hydrogen) atoms. The van der Waals surface area contributed by atoms with Crippen LogP contribution in [0.2, 0.25) is 0 Å². The van der Waals surface area contributed by atoms with Gasteiger partial charge in [0.25, 0.3) is 0 Å². The lowest BCUT2D eigenvalue weighted by Crippen LogP contribution is -2.47. The van der Waals surface area contributed by atoms with E-state index in [0.29, 0.717) is 5.03 Å². The summed E-state index contributed by atoms with van der Waals surface area (Å²) in [5.41, 5.74) is 0. The largest absolute Gasteiger partial charge is 0.335 e. The summed E-state index contributed by atoms with van der Waals surface area (Å²) >= 11 is 1.16. The fraction of sp³-hybridized carbons (Fsp3) is 0.588. The number of hydrogen-bond donors (Lipinski definition) is 2. The van der Waals surface area contributed by atoms with Crippen LogP contribution in [0, 0.1) is 0 Å². The Morgan fingerprint density at radius 2 is 1.89 bits per heavy atom. The molecule has 1 aromatic heterocycles. The number of carbonyl (C=O) groups is 2. The molecule has 1 saturated carbocycles. The minimum Gasteiger partial charge on any atom is -0.335 e. The molecule has 0 aromatic carbocycles. The first-order chi connectivity index (χ1) is 12.7. The summed E-state index contributed by atoms with van der Waals surface area (Å²) in [7, 11) is -0.645. The molecule has 2 rings (SSSR count). The van der Waals surface area contributed by atoms with Crippen LogP contribution in [0.15, 0.2) is 28.3 Å². The summed E-state index contributed by atoms with van der Waals surface area (Å²) in [6.07, 6.45) is 6.52. The Hall–Kier alpha value is -1.65. The highest BCUT2D eigenvalue weighted by Gasteiger charge is 2.22. The van der Waals surface area contributed by atoms with E-state index in [0.717, 1.165) is 41.8 Å². The molecule has 0 aliphatic heterocycles. The van der Waals surface area contributed by atoms with E-state index in [1.165, 1.54) is 32.8 Å². The van der Waals surface area contributed by atoms with Gasteiger partial charge in [-0.25, -0.2) is 22.5 Å². The number of thioether (sulfide) groups is 1. The molecule has 0 spiro atoms. The highest BCUT2D eigenvalue weighted by Crippen LogP contribution is 2.23. The van der Waals surface area contributed by atoms with Gasteiger partial charge < -0.3 is 5.32 Å². The molecule has 8 nitrogen and oxygen atoms in total. The first kappa shape index (κ1) is 21.6. The Labute approximate surface area is 164 Å². The van der Waals surface area contributed by atoms with Gasteiger partial charge in [-0.15, -0.1) is 0 Å². The normalized spacial score (nSPS) is 16.7. The first-order valence-electron chi connectivity index (χ1n) is 8.86. The van der Waals surface area contributed by atoms with Gasteiger partial charge >= 0.3 is 6.03 Å². The van der Waals surface area contributed by atoms with Crippen molar-refractivity contribution >= 4 is 33.7 Å². The summed E-state index contributed by atoms with van der Waals surface area (Å²) in [5, 5.41) is 5.15. The van der Waals surface area contributed by atoms with Gasteiger partial charge in [0, 0.05) is 26.3 Å². The lowest BCUT2D eigenvalue weighted by molar-refractivity contribution is -0.119. The molecule has 1 aliphatic rings. The zero-order valence-electron chi connectivity index (χ0n) is 15.8. The minimum atomic E-state index is -3.54. The predicted octanol–water partition coefficient (Wildman–Crippen LogP) is 1.97. The van der Waals surface area contributed by atoms with Crippen molar-refractivity contribution in [3.8, 4) is 0 Å². The predicted molar refractivity (Wildman–Crippen MR) is 104 cm³/mol. The lowest BCUT2D eigenvalue weighted by atomic mass is 9.96. The third-order valence-electron chi connectivity index (χ3n) is 4.33. The number of amides is 3. The van der Waals surface area contributed by atoms with Crippen LogP contribution in [0.1, 0.15) is 39.0 Å². The summed E-state index contributed by atoms with van der Waals surface area (Å²) in [5.74, 6) is -0.417. The number of imide groups is 1. The van der Waals surface area contributed by atoms with Crippen LogP contribution >= 0.6 is 11.8 Å². The summed E-state index contributed by atoms with van der Waals surface area (Å²) < 4.78 is 25.2. The zero-order valence-corrected chi connectivity index (χ0v) is 17.4. The van der Waals surface area contributed by atoms with E-state index in [1.54, 1.807) is 13.0 Å². The minimum absolute atomic E-state index is 0.0841. The van der Waals surface area contributed by atoms with Gasteiger partial charge in [-0.3, -0.25) is 10.1 Å². The average molecular weight is 415 g/mol. The standard InChI is InChI=1S/C17H26N4O4S2/c1-12(16(22)20-17(23)19-13-7-5-4-6-8-13)26-15-10-9-14(11-18-15)27(24,25)21(2)3/h9-13H,4-8H2,1-3H3,(H2,19,20,22,23)/t12-/m0/s1. The second-order valence-corrected chi connectivity index (χ2v) is 10.2. The first-order valence-corrected chi connectivity index (χ1v) is 11.2. The molecule has 3 amide bonds. The van der Waals surface area contributed by atoms with Crippen LogP contribution in [0.3, 0.4) is 0 Å². The molecule has 1 atom stereocenters. The Kier molecular flexibility index (Phi) is 7.63. The Balaban J connectivity index is 1.87. The van der Waals surface area contributed by atoms with Gasteiger partial charge in [0.15, 0.2) is 0 Å². The molecule has 1 heterocycles. The number of pyridine rings is 1. The smallest absolute Gasteiger partial charge is 0.321 e. The van der Waals surface area contributed by atoms with Crippen molar-refractivity contribution in [3.05, 3.63) is 18.3 Å². The van der Waals surface area contributed by atoms with Gasteiger partial charge in [0.2, 0.25) is 15.9 Å². The van der Waals surface area contributed by atoms with Crippen molar-refractivity contribution < 1.29 is 18.0 Å². The van der Waals surface area contributed by atoms with E-state index < -0.39 is 27.2 Å². The SMILES string of the molecule is C[C@H](Sc1ccc(S(=O)(=O)N(C)C)cn1)C(=O)NC(=O)NC1CCCCC1. The Morgan fingerprint density at radius 1 is 1.22 bits per heavy atom. The Morgan fingerprint density at radius 3 is 2.44 bits per heavy atom. The molecule has 150 valence electrons. The number of sulfonamides is 1. The van der Waals surface area contributed by atoms with Crippen LogP contribution in [-0.4, -0.2) is 55.0 Å². The molecule has 10 heteroatoms. The molecule has 0 saturated heterocycles. The van der Waals surface area contributed by atoms with Crippen molar-refractivity contribution in [1.29, 1.82) is 0 Å². The fourth-order valence-corrected chi connectivity index (χ4v) is 4.35. The molecule has 0 radical (unpaired) electrons. The molecule has 0 bridgehead atoms. The van der Waals surface area contributed by atoms with Gasteiger partial charge in [-0.1, -0.05) is 31.0 Å². The van der Waals surface area contributed by atoms with Crippen molar-refractivity contribution in [3.63, 3.8) is 0 Å². The van der Waals surface area contributed by atoms with Crippen molar-refractivity contribution in [2.24, 2.45) is 0 Å². The molecule has 1 aromatic rings. The zero-order chi connectivity index (χ0) is 20.0. The lowest BCUT2D eigenvalue weighted by Gasteiger charge is -2.23. The van der Waals surface area contributed by atoms with E-state index in [2.05, 4.69) is 15.6 Å². The second-order valence-electron chi connectivity index (χ2n) is 6.68. The van der Waals surface area contributed by atoms with E-state index in [9.17, 15) is 18.0 Å². The third-order valence-corrected chi connectivity index (χ3v) is 7.18. The molecular weight excluding hydrogens is 388 g/mol. The van der Waals surface area contributed by atoms with Gasteiger partial charge in [-0.2, -0.15) is 0 Å².